The second-order valence-corrected chi connectivity index (χ2v) is 4.27. The number of nitrogens with two attached hydrogens (primary N) is 1. The lowest BCUT2D eigenvalue weighted by atomic mass is 10.1. The summed E-state index contributed by atoms with van der Waals surface area (Å²) in [5, 5.41) is 0. The maximum absolute atomic E-state index is 11.8. The largest absolute Gasteiger partial charge is 0.461 e. The van der Waals surface area contributed by atoms with Crippen LogP contribution in [0, 0.1) is 0 Å². The molecular weight excluding hydrogens is 240 g/mol. The summed E-state index contributed by atoms with van der Waals surface area (Å²) in [5.74, 6) is -0.289. The maximum atomic E-state index is 11.8. The second-order valence-electron chi connectivity index (χ2n) is 4.27. The third-order valence-corrected chi connectivity index (χ3v) is 2.89. The van der Waals surface area contributed by atoms with Gasteiger partial charge in [-0.15, -0.1) is 0 Å². The zero-order valence-corrected chi connectivity index (χ0v) is 11.0. The third-order valence-electron chi connectivity index (χ3n) is 2.89. The monoisotopic (exact) mass is 258 g/mol. The van der Waals surface area contributed by atoms with Crippen molar-refractivity contribution in [2.24, 2.45) is 5.73 Å². The van der Waals surface area contributed by atoms with Crippen molar-refractivity contribution in [2.75, 3.05) is 6.61 Å². The van der Waals surface area contributed by atoms with Crippen LogP contribution in [0.4, 0.5) is 0 Å². The summed E-state index contributed by atoms with van der Waals surface area (Å²) in [4.78, 5) is 11.8. The molecule has 0 fully saturated rings. The molecule has 0 atom stereocenters. The van der Waals surface area contributed by atoms with Crippen LogP contribution in [0.1, 0.15) is 28.5 Å². The maximum Gasteiger partial charge on any atom is 0.354 e. The third kappa shape index (κ3) is 3.23. The summed E-state index contributed by atoms with van der Waals surface area (Å²) < 4.78 is 6.91. The van der Waals surface area contributed by atoms with Gasteiger partial charge >= 0.3 is 5.97 Å². The Morgan fingerprint density at radius 1 is 1.26 bits per heavy atom. The first-order valence-corrected chi connectivity index (χ1v) is 6.34. The van der Waals surface area contributed by atoms with Gasteiger partial charge in [-0.25, -0.2) is 4.79 Å². The van der Waals surface area contributed by atoms with E-state index in [2.05, 4.69) is 6.07 Å². The molecule has 0 bridgehead atoms. The Morgan fingerprint density at radius 2 is 2.05 bits per heavy atom. The molecule has 0 radical (unpaired) electrons. The van der Waals surface area contributed by atoms with Crippen LogP contribution in [0.25, 0.3) is 0 Å². The highest BCUT2D eigenvalue weighted by Gasteiger charge is 2.11. The molecule has 0 aliphatic heterocycles. The van der Waals surface area contributed by atoms with E-state index in [1.54, 1.807) is 13.0 Å². The molecule has 2 rings (SSSR count). The highest BCUT2D eigenvalue weighted by molar-refractivity contribution is 5.87. The fourth-order valence-corrected chi connectivity index (χ4v) is 1.99. The van der Waals surface area contributed by atoms with E-state index < -0.39 is 0 Å². The molecule has 0 spiro atoms. The number of rotatable bonds is 5. The minimum absolute atomic E-state index is 0.289. The molecule has 4 nitrogen and oxygen atoms in total. The fraction of sp³-hybridized carbons (Fsp3) is 0.267. The average molecular weight is 258 g/mol. The Hall–Kier alpha value is -2.07. The molecule has 0 unspecified atom stereocenters. The Labute approximate surface area is 112 Å². The van der Waals surface area contributed by atoms with Crippen molar-refractivity contribution in [1.29, 1.82) is 0 Å². The number of hydrogen-bond donors (Lipinski definition) is 1. The van der Waals surface area contributed by atoms with Gasteiger partial charge in [0, 0.05) is 19.3 Å². The Balaban J connectivity index is 2.19. The van der Waals surface area contributed by atoms with Crippen molar-refractivity contribution in [3.63, 3.8) is 0 Å². The molecule has 0 saturated carbocycles. The van der Waals surface area contributed by atoms with E-state index in [9.17, 15) is 4.79 Å². The zero-order chi connectivity index (χ0) is 13.7. The van der Waals surface area contributed by atoms with Crippen molar-refractivity contribution >= 4 is 5.97 Å². The van der Waals surface area contributed by atoms with Crippen molar-refractivity contribution in [3.05, 3.63) is 59.4 Å². The normalized spacial score (nSPS) is 10.4. The van der Waals surface area contributed by atoms with Crippen molar-refractivity contribution < 1.29 is 9.53 Å². The summed E-state index contributed by atoms with van der Waals surface area (Å²) in [6, 6.07) is 11.7. The molecule has 4 heteroatoms. The molecule has 2 N–H and O–H groups in total. The van der Waals surface area contributed by atoms with E-state index in [1.807, 2.05) is 35.0 Å². The molecule has 0 amide bonds. The lowest BCUT2D eigenvalue weighted by Crippen LogP contribution is -2.12. The minimum atomic E-state index is -0.289. The molecular formula is C15H18N2O2. The molecule has 1 aromatic heterocycles. The summed E-state index contributed by atoms with van der Waals surface area (Å²) >= 11 is 0. The molecule has 0 aliphatic carbocycles. The highest BCUT2D eigenvalue weighted by atomic mass is 16.5. The van der Waals surface area contributed by atoms with Crippen LogP contribution in [-0.4, -0.2) is 17.1 Å². The number of esters is 1. The number of carbonyl (C=O) groups is 1. The van der Waals surface area contributed by atoms with Gasteiger partial charge in [-0.3, -0.25) is 0 Å². The number of carbonyl (C=O) groups excluding carboxylic acids is 1. The molecule has 0 aliphatic rings. The first-order valence-electron chi connectivity index (χ1n) is 6.34. The van der Waals surface area contributed by atoms with Crippen molar-refractivity contribution in [3.8, 4) is 0 Å². The predicted octanol–water partition coefficient (Wildman–Crippen LogP) is 2.17. The molecule has 0 saturated heterocycles. The van der Waals surface area contributed by atoms with Gasteiger partial charge in [0.1, 0.15) is 5.69 Å². The number of benzene rings is 1. The lowest BCUT2D eigenvalue weighted by molar-refractivity contribution is 0.0514. The average Bonchev–Trinajstić information content (AvgIpc) is 2.87. The summed E-state index contributed by atoms with van der Waals surface area (Å²) in [7, 11) is 0. The van der Waals surface area contributed by atoms with Crippen LogP contribution in [0.3, 0.4) is 0 Å². The topological polar surface area (TPSA) is 57.2 Å². The van der Waals surface area contributed by atoms with E-state index in [0.717, 1.165) is 11.1 Å². The van der Waals surface area contributed by atoms with Crippen LogP contribution < -0.4 is 5.73 Å². The number of hydrogen-bond acceptors (Lipinski definition) is 3. The van der Waals surface area contributed by atoms with Crippen LogP contribution in [0.5, 0.6) is 0 Å². The zero-order valence-electron chi connectivity index (χ0n) is 11.0. The van der Waals surface area contributed by atoms with Gasteiger partial charge in [-0.05, 0) is 30.2 Å². The van der Waals surface area contributed by atoms with Gasteiger partial charge in [-0.2, -0.15) is 0 Å². The summed E-state index contributed by atoms with van der Waals surface area (Å²) in [6.07, 6.45) is 1.88. The van der Waals surface area contributed by atoms with Crippen molar-refractivity contribution in [1.82, 2.24) is 4.57 Å². The molecule has 19 heavy (non-hydrogen) atoms. The van der Waals surface area contributed by atoms with Crippen LogP contribution >= 0.6 is 0 Å². The first kappa shape index (κ1) is 13.4. The van der Waals surface area contributed by atoms with E-state index in [4.69, 9.17) is 10.5 Å². The fourth-order valence-electron chi connectivity index (χ4n) is 1.99. The van der Waals surface area contributed by atoms with E-state index in [1.165, 1.54) is 0 Å². The van der Waals surface area contributed by atoms with Gasteiger partial charge in [0.25, 0.3) is 0 Å². The standard InChI is InChI=1S/C15H18N2O2/c1-2-19-15(18)14-7-4-8-17(14)11-13-6-3-5-12(9-13)10-16/h3-9H,2,10-11,16H2,1H3. The number of aromatic nitrogens is 1. The van der Waals surface area contributed by atoms with E-state index in [-0.39, 0.29) is 5.97 Å². The Kier molecular flexibility index (Phi) is 4.36. The SMILES string of the molecule is CCOC(=O)c1cccn1Cc1cccc(CN)c1. The van der Waals surface area contributed by atoms with Crippen LogP contribution in [-0.2, 0) is 17.8 Å². The van der Waals surface area contributed by atoms with Crippen LogP contribution in [0.2, 0.25) is 0 Å². The number of nitrogens with zero attached hydrogens (tertiary/aromatic N) is 1. The molecule has 1 heterocycles. The predicted molar refractivity (Wildman–Crippen MR) is 73.8 cm³/mol. The van der Waals surface area contributed by atoms with Gasteiger partial charge in [0.2, 0.25) is 0 Å². The lowest BCUT2D eigenvalue weighted by Gasteiger charge is -2.09. The van der Waals surface area contributed by atoms with Gasteiger partial charge in [0.15, 0.2) is 0 Å². The number of ether oxygens (including phenoxy) is 1. The minimum Gasteiger partial charge on any atom is -0.461 e. The first-order chi connectivity index (χ1) is 9.24. The van der Waals surface area contributed by atoms with Gasteiger partial charge < -0.3 is 15.0 Å². The highest BCUT2D eigenvalue weighted by Crippen LogP contribution is 2.11. The van der Waals surface area contributed by atoms with Gasteiger partial charge in [-0.1, -0.05) is 24.3 Å². The molecule has 1 aromatic carbocycles. The Morgan fingerprint density at radius 3 is 2.79 bits per heavy atom. The Bertz CT molecular complexity index is 561. The van der Waals surface area contributed by atoms with Crippen LogP contribution in [0.15, 0.2) is 42.6 Å². The summed E-state index contributed by atoms with van der Waals surface area (Å²) in [5.41, 5.74) is 8.40. The van der Waals surface area contributed by atoms with Gasteiger partial charge in [0.05, 0.1) is 6.61 Å². The second kappa shape index (κ2) is 6.20. The van der Waals surface area contributed by atoms with E-state index >= 15 is 0 Å². The van der Waals surface area contributed by atoms with E-state index in [0.29, 0.717) is 25.4 Å². The molecule has 2 aromatic rings. The quantitative estimate of drug-likeness (QED) is 0.836. The van der Waals surface area contributed by atoms with Crippen molar-refractivity contribution in [2.45, 2.75) is 20.0 Å². The summed E-state index contributed by atoms with van der Waals surface area (Å²) in [6.45, 7) is 3.34. The smallest absolute Gasteiger partial charge is 0.354 e. The molecule has 100 valence electrons.